The van der Waals surface area contributed by atoms with Gasteiger partial charge in [-0.2, -0.15) is 0 Å². The van der Waals surface area contributed by atoms with Crippen LogP contribution in [0.2, 0.25) is 0 Å². The van der Waals surface area contributed by atoms with Crippen LogP contribution in [0.4, 0.5) is 5.69 Å². The van der Waals surface area contributed by atoms with Crippen LogP contribution in [0, 0.1) is 0 Å². The van der Waals surface area contributed by atoms with Crippen molar-refractivity contribution >= 4 is 11.6 Å². The SMILES string of the molecule is NCCCCc1ccc2c(c1)CCCN2C(=O)C1CCCO1. The number of carbonyl (C=O) groups excluding carboxylic acids is 1. The Morgan fingerprint density at radius 2 is 2.23 bits per heavy atom. The summed E-state index contributed by atoms with van der Waals surface area (Å²) in [6, 6.07) is 6.57. The molecule has 3 rings (SSSR count). The third-order valence-corrected chi connectivity index (χ3v) is 4.65. The molecule has 0 aliphatic carbocycles. The van der Waals surface area contributed by atoms with Crippen LogP contribution >= 0.6 is 0 Å². The quantitative estimate of drug-likeness (QED) is 0.850. The van der Waals surface area contributed by atoms with Gasteiger partial charge in [0.05, 0.1) is 0 Å². The van der Waals surface area contributed by atoms with Crippen molar-refractivity contribution in [3.63, 3.8) is 0 Å². The Morgan fingerprint density at radius 3 is 3.00 bits per heavy atom. The molecule has 0 spiro atoms. The number of aryl methyl sites for hydroxylation is 2. The summed E-state index contributed by atoms with van der Waals surface area (Å²) in [5.41, 5.74) is 9.32. The molecule has 1 aromatic carbocycles. The zero-order valence-corrected chi connectivity index (χ0v) is 13.2. The summed E-state index contributed by atoms with van der Waals surface area (Å²) in [5, 5.41) is 0. The number of hydrogen-bond donors (Lipinski definition) is 1. The minimum absolute atomic E-state index is 0.148. The smallest absolute Gasteiger partial charge is 0.256 e. The Kier molecular flexibility index (Phi) is 5.11. The Morgan fingerprint density at radius 1 is 1.32 bits per heavy atom. The summed E-state index contributed by atoms with van der Waals surface area (Å²) in [6.45, 7) is 2.30. The second-order valence-electron chi connectivity index (χ2n) is 6.30. The average molecular weight is 302 g/mol. The van der Waals surface area contributed by atoms with Crippen LogP contribution in [-0.4, -0.2) is 31.7 Å². The van der Waals surface area contributed by atoms with Gasteiger partial charge in [-0.05, 0) is 68.7 Å². The van der Waals surface area contributed by atoms with E-state index in [0.29, 0.717) is 0 Å². The fraction of sp³-hybridized carbons (Fsp3) is 0.611. The zero-order valence-electron chi connectivity index (χ0n) is 13.2. The van der Waals surface area contributed by atoms with E-state index in [1.807, 2.05) is 4.90 Å². The van der Waals surface area contributed by atoms with E-state index in [1.54, 1.807) is 0 Å². The fourth-order valence-corrected chi connectivity index (χ4v) is 3.45. The Balaban J connectivity index is 1.73. The van der Waals surface area contributed by atoms with Gasteiger partial charge in [-0.1, -0.05) is 12.1 Å². The van der Waals surface area contributed by atoms with Crippen molar-refractivity contribution in [2.75, 3.05) is 24.6 Å². The number of fused-ring (bicyclic) bond motifs is 1. The van der Waals surface area contributed by atoms with E-state index >= 15 is 0 Å². The van der Waals surface area contributed by atoms with E-state index < -0.39 is 0 Å². The van der Waals surface area contributed by atoms with Gasteiger partial charge in [0.2, 0.25) is 0 Å². The van der Waals surface area contributed by atoms with Crippen molar-refractivity contribution in [3.8, 4) is 0 Å². The highest BCUT2D eigenvalue weighted by Crippen LogP contribution is 2.30. The monoisotopic (exact) mass is 302 g/mol. The van der Waals surface area contributed by atoms with Gasteiger partial charge in [0.25, 0.3) is 5.91 Å². The van der Waals surface area contributed by atoms with Gasteiger partial charge < -0.3 is 15.4 Å². The number of ether oxygens (including phenoxy) is 1. The molecule has 22 heavy (non-hydrogen) atoms. The van der Waals surface area contributed by atoms with Gasteiger partial charge in [-0.15, -0.1) is 0 Å². The van der Waals surface area contributed by atoms with Crippen molar-refractivity contribution in [2.45, 2.75) is 51.0 Å². The van der Waals surface area contributed by atoms with E-state index in [9.17, 15) is 4.79 Å². The first-order chi connectivity index (χ1) is 10.8. The van der Waals surface area contributed by atoms with E-state index in [1.165, 1.54) is 11.1 Å². The summed E-state index contributed by atoms with van der Waals surface area (Å²) in [5.74, 6) is 0.148. The molecule has 2 N–H and O–H groups in total. The molecular formula is C18H26N2O2. The van der Waals surface area contributed by atoms with Gasteiger partial charge in [-0.3, -0.25) is 4.79 Å². The van der Waals surface area contributed by atoms with Gasteiger partial charge in [0.15, 0.2) is 0 Å². The van der Waals surface area contributed by atoms with Gasteiger partial charge >= 0.3 is 0 Å². The number of hydrogen-bond acceptors (Lipinski definition) is 3. The topological polar surface area (TPSA) is 55.6 Å². The van der Waals surface area contributed by atoms with Crippen LogP contribution in [0.5, 0.6) is 0 Å². The van der Waals surface area contributed by atoms with Crippen molar-refractivity contribution in [2.24, 2.45) is 5.73 Å². The standard InChI is InChI=1S/C18H26N2O2/c19-10-2-1-5-14-8-9-16-15(13-14)6-3-11-20(16)18(21)17-7-4-12-22-17/h8-9,13,17H,1-7,10-12,19H2. The Bertz CT molecular complexity index is 524. The van der Waals surface area contributed by atoms with Crippen molar-refractivity contribution in [1.82, 2.24) is 0 Å². The number of rotatable bonds is 5. The molecule has 120 valence electrons. The first-order valence-corrected chi connectivity index (χ1v) is 8.54. The molecule has 0 aromatic heterocycles. The third-order valence-electron chi connectivity index (χ3n) is 4.65. The molecule has 2 aliphatic rings. The van der Waals surface area contributed by atoms with Crippen LogP contribution < -0.4 is 10.6 Å². The summed E-state index contributed by atoms with van der Waals surface area (Å²) in [4.78, 5) is 14.6. The number of anilines is 1. The number of unbranched alkanes of at least 4 members (excludes halogenated alkanes) is 1. The first-order valence-electron chi connectivity index (χ1n) is 8.54. The van der Waals surface area contributed by atoms with Crippen molar-refractivity contribution in [3.05, 3.63) is 29.3 Å². The molecule has 0 bridgehead atoms. The molecule has 0 saturated carbocycles. The van der Waals surface area contributed by atoms with Crippen LogP contribution in [0.1, 0.15) is 43.2 Å². The third kappa shape index (κ3) is 3.33. The predicted molar refractivity (Wildman–Crippen MR) is 88.1 cm³/mol. The number of carbonyl (C=O) groups is 1. The minimum atomic E-state index is -0.227. The highest BCUT2D eigenvalue weighted by atomic mass is 16.5. The molecule has 1 atom stereocenters. The lowest BCUT2D eigenvalue weighted by molar-refractivity contribution is -0.127. The van der Waals surface area contributed by atoms with Crippen molar-refractivity contribution in [1.29, 1.82) is 0 Å². The van der Waals surface area contributed by atoms with Crippen molar-refractivity contribution < 1.29 is 9.53 Å². The summed E-state index contributed by atoms with van der Waals surface area (Å²) in [7, 11) is 0. The van der Waals surface area contributed by atoms with E-state index in [2.05, 4.69) is 18.2 Å². The largest absolute Gasteiger partial charge is 0.368 e. The molecule has 1 unspecified atom stereocenters. The lowest BCUT2D eigenvalue weighted by Gasteiger charge is -2.31. The molecule has 0 radical (unpaired) electrons. The maximum absolute atomic E-state index is 12.6. The number of amides is 1. The molecular weight excluding hydrogens is 276 g/mol. The molecule has 2 aliphatic heterocycles. The molecule has 1 fully saturated rings. The van der Waals surface area contributed by atoms with E-state index in [4.69, 9.17) is 10.5 Å². The predicted octanol–water partition coefficient (Wildman–Crippen LogP) is 2.43. The van der Waals surface area contributed by atoms with Gasteiger partial charge in [0, 0.05) is 18.8 Å². The molecule has 2 heterocycles. The second kappa shape index (κ2) is 7.25. The average Bonchev–Trinajstić information content (AvgIpc) is 3.08. The maximum atomic E-state index is 12.6. The van der Waals surface area contributed by atoms with E-state index in [0.717, 1.165) is 70.3 Å². The van der Waals surface area contributed by atoms with Crippen LogP contribution in [0.25, 0.3) is 0 Å². The lowest BCUT2D eigenvalue weighted by atomic mass is 9.96. The highest BCUT2D eigenvalue weighted by Gasteiger charge is 2.31. The molecule has 1 amide bonds. The van der Waals surface area contributed by atoms with Gasteiger partial charge in [-0.25, -0.2) is 0 Å². The maximum Gasteiger partial charge on any atom is 0.256 e. The minimum Gasteiger partial charge on any atom is -0.368 e. The normalized spacial score (nSPS) is 21.0. The summed E-state index contributed by atoms with van der Waals surface area (Å²) >= 11 is 0. The lowest BCUT2D eigenvalue weighted by Crippen LogP contribution is -2.42. The molecule has 4 heteroatoms. The highest BCUT2D eigenvalue weighted by molar-refractivity contribution is 5.97. The summed E-state index contributed by atoms with van der Waals surface area (Å²) < 4.78 is 5.57. The molecule has 4 nitrogen and oxygen atoms in total. The Labute approximate surface area is 132 Å². The second-order valence-corrected chi connectivity index (χ2v) is 6.30. The molecule has 1 saturated heterocycles. The number of nitrogens with zero attached hydrogens (tertiary/aromatic N) is 1. The molecule has 1 aromatic rings. The van der Waals surface area contributed by atoms with Gasteiger partial charge in [0.1, 0.15) is 6.10 Å². The Hall–Kier alpha value is -1.39. The number of benzene rings is 1. The first kappa shape index (κ1) is 15.5. The van der Waals surface area contributed by atoms with Crippen LogP contribution in [0.15, 0.2) is 18.2 Å². The zero-order chi connectivity index (χ0) is 15.4. The number of nitrogens with two attached hydrogens (primary N) is 1. The van der Waals surface area contributed by atoms with Crippen LogP contribution in [0.3, 0.4) is 0 Å². The van der Waals surface area contributed by atoms with Crippen LogP contribution in [-0.2, 0) is 22.4 Å². The fourth-order valence-electron chi connectivity index (χ4n) is 3.45. The summed E-state index contributed by atoms with van der Waals surface area (Å²) in [6.07, 6.45) is 7.01. The van der Waals surface area contributed by atoms with E-state index in [-0.39, 0.29) is 12.0 Å².